The summed E-state index contributed by atoms with van der Waals surface area (Å²) in [5, 5.41) is 0. The van der Waals surface area contributed by atoms with Crippen LogP contribution < -0.4 is 4.74 Å². The molecule has 0 radical (unpaired) electrons. The Bertz CT molecular complexity index is 623. The van der Waals surface area contributed by atoms with Crippen LogP contribution in [0.1, 0.15) is 27.2 Å². The molecule has 0 aliphatic rings. The third-order valence-corrected chi connectivity index (χ3v) is 3.02. The third-order valence-electron chi connectivity index (χ3n) is 3.02. The van der Waals surface area contributed by atoms with Gasteiger partial charge in [-0.25, -0.2) is 4.79 Å². The largest absolute Gasteiger partial charge is 0.486 e. The second kappa shape index (κ2) is 6.19. The molecule has 0 spiro atoms. The summed E-state index contributed by atoms with van der Waals surface area (Å²) in [6, 6.07) is 9.28. The Balaban J connectivity index is 2.21. The number of nitrogens with zero attached hydrogens (tertiary/aromatic N) is 1. The second-order valence-corrected chi connectivity index (χ2v) is 4.55. The van der Waals surface area contributed by atoms with Crippen LogP contribution in [0.4, 0.5) is 0 Å². The van der Waals surface area contributed by atoms with E-state index >= 15 is 0 Å². The van der Waals surface area contributed by atoms with Gasteiger partial charge in [-0.15, -0.1) is 0 Å². The van der Waals surface area contributed by atoms with Gasteiger partial charge in [0.1, 0.15) is 17.9 Å². The van der Waals surface area contributed by atoms with Gasteiger partial charge in [0.15, 0.2) is 0 Å². The van der Waals surface area contributed by atoms with Crippen LogP contribution in [0.2, 0.25) is 0 Å². The molecule has 1 heterocycles. The maximum Gasteiger partial charge on any atom is 0.341 e. The number of aryl methyl sites for hydroxylation is 2. The lowest BCUT2D eigenvalue weighted by Crippen LogP contribution is -2.07. The summed E-state index contributed by atoms with van der Waals surface area (Å²) in [5.41, 5.74) is 3.32. The summed E-state index contributed by atoms with van der Waals surface area (Å²) in [7, 11) is 1.36. The second-order valence-electron chi connectivity index (χ2n) is 4.55. The van der Waals surface area contributed by atoms with Crippen LogP contribution in [-0.4, -0.2) is 18.1 Å². The van der Waals surface area contributed by atoms with E-state index in [1.54, 1.807) is 18.3 Å². The topological polar surface area (TPSA) is 48.4 Å². The number of benzene rings is 1. The van der Waals surface area contributed by atoms with Crippen LogP contribution in [-0.2, 0) is 11.3 Å². The fourth-order valence-electron chi connectivity index (χ4n) is 1.85. The minimum absolute atomic E-state index is 0.319. The predicted molar refractivity (Wildman–Crippen MR) is 75.8 cm³/mol. The molecule has 0 amide bonds. The van der Waals surface area contributed by atoms with E-state index in [1.165, 1.54) is 7.11 Å². The molecule has 0 fully saturated rings. The zero-order valence-electron chi connectivity index (χ0n) is 11.8. The van der Waals surface area contributed by atoms with Gasteiger partial charge in [-0.1, -0.05) is 17.7 Å². The van der Waals surface area contributed by atoms with Crippen molar-refractivity contribution in [2.24, 2.45) is 0 Å². The van der Waals surface area contributed by atoms with Crippen molar-refractivity contribution in [1.29, 1.82) is 0 Å². The number of carbonyl (C=O) groups is 1. The van der Waals surface area contributed by atoms with Crippen molar-refractivity contribution in [3.63, 3.8) is 0 Å². The molecule has 0 saturated carbocycles. The van der Waals surface area contributed by atoms with Gasteiger partial charge < -0.3 is 9.47 Å². The van der Waals surface area contributed by atoms with Gasteiger partial charge in [-0.05, 0) is 37.6 Å². The number of esters is 1. The van der Waals surface area contributed by atoms with Crippen LogP contribution in [0.3, 0.4) is 0 Å². The molecule has 20 heavy (non-hydrogen) atoms. The molecule has 0 aliphatic heterocycles. The normalized spacial score (nSPS) is 10.2. The first-order chi connectivity index (χ1) is 9.61. The molecule has 0 aliphatic carbocycles. The number of methoxy groups -OCH3 is 1. The zero-order chi connectivity index (χ0) is 14.5. The van der Waals surface area contributed by atoms with E-state index in [0.29, 0.717) is 17.9 Å². The molecule has 2 aromatic rings. The molecular formula is C16H17NO3. The number of aromatic nitrogens is 1. The standard InChI is InChI=1S/C16H17NO3/c1-11-6-7-15(13(9-11)16(18)19-3)20-10-14-12(2)5-4-8-17-14/h4-9H,10H2,1-3H3. The summed E-state index contributed by atoms with van der Waals surface area (Å²) in [6.07, 6.45) is 1.72. The van der Waals surface area contributed by atoms with E-state index in [2.05, 4.69) is 4.98 Å². The van der Waals surface area contributed by atoms with Crippen LogP contribution >= 0.6 is 0 Å². The van der Waals surface area contributed by atoms with Gasteiger partial charge in [0.25, 0.3) is 0 Å². The van der Waals surface area contributed by atoms with Crippen molar-refractivity contribution in [1.82, 2.24) is 4.98 Å². The molecule has 0 N–H and O–H groups in total. The average molecular weight is 271 g/mol. The molecule has 2 rings (SSSR count). The summed E-state index contributed by atoms with van der Waals surface area (Å²) < 4.78 is 10.5. The number of rotatable bonds is 4. The Morgan fingerprint density at radius 1 is 1.25 bits per heavy atom. The number of hydrogen-bond donors (Lipinski definition) is 0. The van der Waals surface area contributed by atoms with E-state index in [9.17, 15) is 4.79 Å². The van der Waals surface area contributed by atoms with Crippen molar-refractivity contribution in [3.05, 3.63) is 58.9 Å². The van der Waals surface area contributed by atoms with Crippen molar-refractivity contribution in [2.75, 3.05) is 7.11 Å². The van der Waals surface area contributed by atoms with Gasteiger partial charge in [0.2, 0.25) is 0 Å². The molecule has 104 valence electrons. The SMILES string of the molecule is COC(=O)c1cc(C)ccc1OCc1ncccc1C. The smallest absolute Gasteiger partial charge is 0.341 e. The Morgan fingerprint density at radius 2 is 2.05 bits per heavy atom. The lowest BCUT2D eigenvalue weighted by Gasteiger charge is -2.11. The van der Waals surface area contributed by atoms with Gasteiger partial charge in [0, 0.05) is 6.20 Å². The zero-order valence-corrected chi connectivity index (χ0v) is 11.8. The molecule has 0 saturated heterocycles. The minimum Gasteiger partial charge on any atom is -0.486 e. The van der Waals surface area contributed by atoms with E-state index < -0.39 is 5.97 Å². The number of hydrogen-bond acceptors (Lipinski definition) is 4. The quantitative estimate of drug-likeness (QED) is 0.802. The lowest BCUT2D eigenvalue weighted by molar-refractivity contribution is 0.0595. The van der Waals surface area contributed by atoms with Gasteiger partial charge in [-0.3, -0.25) is 4.98 Å². The van der Waals surface area contributed by atoms with Crippen molar-refractivity contribution in [3.8, 4) is 5.75 Å². The summed E-state index contributed by atoms with van der Waals surface area (Å²) >= 11 is 0. The van der Waals surface area contributed by atoms with E-state index in [4.69, 9.17) is 9.47 Å². The number of carbonyl (C=O) groups excluding carboxylic acids is 1. The lowest BCUT2D eigenvalue weighted by atomic mass is 10.1. The highest BCUT2D eigenvalue weighted by atomic mass is 16.5. The van der Waals surface area contributed by atoms with Gasteiger partial charge in [0.05, 0.1) is 12.8 Å². The van der Waals surface area contributed by atoms with Crippen molar-refractivity contribution in [2.45, 2.75) is 20.5 Å². The number of ether oxygens (including phenoxy) is 2. The predicted octanol–water partition coefficient (Wildman–Crippen LogP) is 3.06. The molecule has 4 nitrogen and oxygen atoms in total. The first-order valence-electron chi connectivity index (χ1n) is 6.34. The molecule has 1 aromatic heterocycles. The monoisotopic (exact) mass is 271 g/mol. The van der Waals surface area contributed by atoms with Crippen LogP contribution in [0, 0.1) is 13.8 Å². The third kappa shape index (κ3) is 3.15. The highest BCUT2D eigenvalue weighted by Crippen LogP contribution is 2.22. The Labute approximate surface area is 118 Å². The fraction of sp³-hybridized carbons (Fsp3) is 0.250. The van der Waals surface area contributed by atoms with Gasteiger partial charge >= 0.3 is 5.97 Å². The van der Waals surface area contributed by atoms with E-state index in [0.717, 1.165) is 16.8 Å². The van der Waals surface area contributed by atoms with Gasteiger partial charge in [-0.2, -0.15) is 0 Å². The summed E-state index contributed by atoms with van der Waals surface area (Å²) in [6.45, 7) is 4.21. The van der Waals surface area contributed by atoms with Crippen LogP contribution in [0.25, 0.3) is 0 Å². The van der Waals surface area contributed by atoms with Crippen molar-refractivity contribution >= 4 is 5.97 Å². The Morgan fingerprint density at radius 3 is 2.75 bits per heavy atom. The molecule has 1 aromatic carbocycles. The Hall–Kier alpha value is -2.36. The first-order valence-corrected chi connectivity index (χ1v) is 6.34. The summed E-state index contributed by atoms with van der Waals surface area (Å²) in [4.78, 5) is 16.0. The molecule has 0 unspecified atom stereocenters. The average Bonchev–Trinajstić information content (AvgIpc) is 2.46. The van der Waals surface area contributed by atoms with E-state index in [-0.39, 0.29) is 0 Å². The maximum absolute atomic E-state index is 11.7. The molecule has 0 bridgehead atoms. The fourth-order valence-corrected chi connectivity index (χ4v) is 1.85. The highest BCUT2D eigenvalue weighted by molar-refractivity contribution is 5.92. The molecule has 0 atom stereocenters. The highest BCUT2D eigenvalue weighted by Gasteiger charge is 2.13. The van der Waals surface area contributed by atoms with Crippen molar-refractivity contribution < 1.29 is 14.3 Å². The van der Waals surface area contributed by atoms with Crippen LogP contribution in [0.15, 0.2) is 36.5 Å². The minimum atomic E-state index is -0.401. The number of pyridine rings is 1. The van der Waals surface area contributed by atoms with E-state index in [1.807, 2.05) is 32.0 Å². The first kappa shape index (κ1) is 14.1. The molecular weight excluding hydrogens is 254 g/mol. The van der Waals surface area contributed by atoms with Crippen LogP contribution in [0.5, 0.6) is 5.75 Å². The summed E-state index contributed by atoms with van der Waals surface area (Å²) in [5.74, 6) is 0.106. The maximum atomic E-state index is 11.7. The Kier molecular flexibility index (Phi) is 4.35. The molecule has 4 heteroatoms.